The minimum atomic E-state index is -0.705. The summed E-state index contributed by atoms with van der Waals surface area (Å²) in [7, 11) is 0. The molecule has 2 amide bonds. The Morgan fingerprint density at radius 1 is 0.968 bits per heavy atom. The third-order valence-corrected chi connectivity index (χ3v) is 5.69. The van der Waals surface area contributed by atoms with Gasteiger partial charge in [-0.25, -0.2) is 4.39 Å². The first-order valence-corrected chi connectivity index (χ1v) is 10.2. The molecule has 3 aromatic rings. The van der Waals surface area contributed by atoms with Crippen LogP contribution in [0.3, 0.4) is 0 Å². The van der Waals surface area contributed by atoms with Gasteiger partial charge >= 0.3 is 0 Å². The zero-order valence-electron chi connectivity index (χ0n) is 15.3. The lowest BCUT2D eigenvalue weighted by molar-refractivity contribution is -0.122. The number of halogens is 4. The number of furan rings is 1. The van der Waals surface area contributed by atoms with Crippen molar-refractivity contribution in [3.63, 3.8) is 0 Å². The SMILES string of the molecule is O=C1NC(=S)N(c2ccc(F)c(Cl)c2)C(=O)/C1=C\c1ccc(-c2ccc(Cl)c(Cl)c2)o1. The van der Waals surface area contributed by atoms with E-state index in [0.717, 1.165) is 11.0 Å². The highest BCUT2D eigenvalue weighted by molar-refractivity contribution is 7.80. The minimum Gasteiger partial charge on any atom is -0.457 e. The molecule has 1 aromatic heterocycles. The Morgan fingerprint density at radius 3 is 2.45 bits per heavy atom. The number of benzene rings is 2. The predicted molar refractivity (Wildman–Crippen MR) is 122 cm³/mol. The average Bonchev–Trinajstić information content (AvgIpc) is 3.18. The molecule has 1 aliphatic rings. The molecule has 1 aliphatic heterocycles. The Hall–Kier alpha value is -2.71. The predicted octanol–water partition coefficient (Wildman–Crippen LogP) is 5.88. The molecule has 0 saturated carbocycles. The van der Waals surface area contributed by atoms with E-state index in [2.05, 4.69) is 5.32 Å². The average molecular weight is 496 g/mol. The van der Waals surface area contributed by atoms with E-state index >= 15 is 0 Å². The van der Waals surface area contributed by atoms with Crippen LogP contribution in [0, 0.1) is 5.82 Å². The second-order valence-electron chi connectivity index (χ2n) is 6.39. The molecular formula is C21H10Cl3FN2O3S. The molecule has 156 valence electrons. The summed E-state index contributed by atoms with van der Waals surface area (Å²) in [5.41, 5.74) is 0.662. The first-order chi connectivity index (χ1) is 14.7. The quantitative estimate of drug-likeness (QED) is 0.280. The van der Waals surface area contributed by atoms with Crippen LogP contribution in [-0.4, -0.2) is 16.9 Å². The zero-order chi connectivity index (χ0) is 22.3. The van der Waals surface area contributed by atoms with Gasteiger partial charge in [-0.1, -0.05) is 34.8 Å². The van der Waals surface area contributed by atoms with Crippen molar-refractivity contribution in [3.05, 3.63) is 80.7 Å². The summed E-state index contributed by atoms with van der Waals surface area (Å²) in [6.45, 7) is 0. The van der Waals surface area contributed by atoms with Gasteiger partial charge in [0.15, 0.2) is 5.11 Å². The molecule has 0 unspecified atom stereocenters. The van der Waals surface area contributed by atoms with Crippen LogP contribution in [0.1, 0.15) is 5.76 Å². The summed E-state index contributed by atoms with van der Waals surface area (Å²) in [6.07, 6.45) is 1.29. The molecule has 10 heteroatoms. The smallest absolute Gasteiger partial charge is 0.270 e. The summed E-state index contributed by atoms with van der Waals surface area (Å²) >= 11 is 22.9. The van der Waals surface area contributed by atoms with Gasteiger partial charge in [-0.3, -0.25) is 19.8 Å². The minimum absolute atomic E-state index is 0.147. The summed E-state index contributed by atoms with van der Waals surface area (Å²) in [5.74, 6) is -1.32. The van der Waals surface area contributed by atoms with E-state index in [0.29, 0.717) is 21.4 Å². The van der Waals surface area contributed by atoms with Crippen molar-refractivity contribution in [1.29, 1.82) is 0 Å². The van der Waals surface area contributed by atoms with Crippen molar-refractivity contribution in [1.82, 2.24) is 5.32 Å². The number of nitrogens with one attached hydrogen (secondary N) is 1. The number of hydrogen-bond donors (Lipinski definition) is 1. The van der Waals surface area contributed by atoms with E-state index in [-0.39, 0.29) is 27.2 Å². The fourth-order valence-electron chi connectivity index (χ4n) is 2.89. The Labute approximate surface area is 196 Å². The fourth-order valence-corrected chi connectivity index (χ4v) is 3.65. The summed E-state index contributed by atoms with van der Waals surface area (Å²) in [4.78, 5) is 26.5. The molecule has 0 spiro atoms. The number of amides is 2. The van der Waals surface area contributed by atoms with Crippen molar-refractivity contribution in [2.24, 2.45) is 0 Å². The van der Waals surface area contributed by atoms with Gasteiger partial charge in [0.25, 0.3) is 11.8 Å². The third kappa shape index (κ3) is 4.22. The summed E-state index contributed by atoms with van der Waals surface area (Å²) < 4.78 is 19.2. The lowest BCUT2D eigenvalue weighted by Crippen LogP contribution is -2.54. The normalized spacial score (nSPS) is 15.5. The van der Waals surface area contributed by atoms with Gasteiger partial charge in [0.2, 0.25) is 0 Å². The van der Waals surface area contributed by atoms with Crippen LogP contribution in [-0.2, 0) is 9.59 Å². The summed E-state index contributed by atoms with van der Waals surface area (Å²) in [5, 5.41) is 2.86. The molecule has 2 aromatic carbocycles. The number of rotatable bonds is 3. The molecule has 0 atom stereocenters. The first-order valence-electron chi connectivity index (χ1n) is 8.66. The van der Waals surface area contributed by atoms with Crippen molar-refractivity contribution in [3.8, 4) is 11.3 Å². The Morgan fingerprint density at radius 2 is 1.74 bits per heavy atom. The summed E-state index contributed by atoms with van der Waals surface area (Å²) in [6, 6.07) is 11.9. The topological polar surface area (TPSA) is 62.6 Å². The van der Waals surface area contributed by atoms with Crippen molar-refractivity contribution in [2.75, 3.05) is 4.90 Å². The van der Waals surface area contributed by atoms with E-state index in [9.17, 15) is 14.0 Å². The third-order valence-electron chi connectivity index (χ3n) is 4.38. The lowest BCUT2D eigenvalue weighted by atomic mass is 10.1. The van der Waals surface area contributed by atoms with Crippen LogP contribution in [0.2, 0.25) is 15.1 Å². The number of carbonyl (C=O) groups excluding carboxylic acids is 2. The van der Waals surface area contributed by atoms with Gasteiger partial charge in [-0.2, -0.15) is 0 Å². The molecule has 2 heterocycles. The highest BCUT2D eigenvalue weighted by Gasteiger charge is 2.35. The number of nitrogens with zero attached hydrogens (tertiary/aromatic N) is 1. The molecule has 1 N–H and O–H groups in total. The highest BCUT2D eigenvalue weighted by Crippen LogP contribution is 2.31. The molecule has 1 saturated heterocycles. The van der Waals surface area contributed by atoms with Crippen LogP contribution >= 0.6 is 47.0 Å². The van der Waals surface area contributed by atoms with E-state index in [1.54, 1.807) is 30.3 Å². The number of anilines is 1. The van der Waals surface area contributed by atoms with Gasteiger partial charge in [-0.15, -0.1) is 0 Å². The number of thiocarbonyl (C=S) groups is 1. The largest absolute Gasteiger partial charge is 0.457 e. The van der Waals surface area contributed by atoms with Crippen molar-refractivity contribution >= 4 is 75.7 Å². The Bertz CT molecular complexity index is 1290. The van der Waals surface area contributed by atoms with Gasteiger partial charge in [0, 0.05) is 5.56 Å². The molecular weight excluding hydrogens is 486 g/mol. The van der Waals surface area contributed by atoms with E-state index < -0.39 is 17.6 Å². The van der Waals surface area contributed by atoms with Crippen LogP contribution in [0.25, 0.3) is 17.4 Å². The molecule has 0 radical (unpaired) electrons. The van der Waals surface area contributed by atoms with Gasteiger partial charge in [-0.05, 0) is 66.8 Å². The van der Waals surface area contributed by atoms with E-state index in [1.165, 1.54) is 18.2 Å². The second-order valence-corrected chi connectivity index (χ2v) is 8.00. The molecule has 0 aliphatic carbocycles. The van der Waals surface area contributed by atoms with Crippen LogP contribution in [0.4, 0.5) is 10.1 Å². The van der Waals surface area contributed by atoms with Gasteiger partial charge < -0.3 is 4.42 Å². The molecule has 0 bridgehead atoms. The maximum absolute atomic E-state index is 13.5. The van der Waals surface area contributed by atoms with E-state index in [1.807, 2.05) is 0 Å². The van der Waals surface area contributed by atoms with Crippen LogP contribution in [0.15, 0.2) is 58.5 Å². The van der Waals surface area contributed by atoms with Crippen LogP contribution in [0.5, 0.6) is 0 Å². The molecule has 4 rings (SSSR count). The lowest BCUT2D eigenvalue weighted by Gasteiger charge is -2.28. The maximum Gasteiger partial charge on any atom is 0.270 e. The molecule has 5 nitrogen and oxygen atoms in total. The number of hydrogen-bond acceptors (Lipinski definition) is 4. The van der Waals surface area contributed by atoms with Crippen molar-refractivity contribution < 1.29 is 18.4 Å². The molecule has 1 fully saturated rings. The van der Waals surface area contributed by atoms with Crippen molar-refractivity contribution in [2.45, 2.75) is 0 Å². The molecule has 31 heavy (non-hydrogen) atoms. The highest BCUT2D eigenvalue weighted by atomic mass is 35.5. The zero-order valence-corrected chi connectivity index (χ0v) is 18.4. The van der Waals surface area contributed by atoms with Gasteiger partial charge in [0.1, 0.15) is 22.9 Å². The monoisotopic (exact) mass is 494 g/mol. The van der Waals surface area contributed by atoms with E-state index in [4.69, 9.17) is 51.4 Å². The fraction of sp³-hybridized carbons (Fsp3) is 0. The Kier molecular flexibility index (Phi) is 5.85. The van der Waals surface area contributed by atoms with Gasteiger partial charge in [0.05, 0.1) is 20.8 Å². The number of carbonyl (C=O) groups is 2. The van der Waals surface area contributed by atoms with Crippen LogP contribution < -0.4 is 10.2 Å². The Balaban J connectivity index is 1.68. The maximum atomic E-state index is 13.5. The second kappa shape index (κ2) is 8.43. The first kappa shape index (κ1) is 21.5. The standard InChI is InChI=1S/C21H10Cl3FN2O3S/c22-14-4-1-10(7-15(14)23)18-6-3-12(30-18)9-13-19(28)26-21(31)27(20(13)29)11-2-5-17(25)16(24)8-11/h1-9H,(H,26,28,31)/b13-9-.